The van der Waals surface area contributed by atoms with E-state index >= 15 is 0 Å². The number of rotatable bonds is 2. The molecule has 2 nitrogen and oxygen atoms in total. The quantitative estimate of drug-likeness (QED) is 0.897. The molecule has 0 spiro atoms. The SMILES string of the molecule is Cc1ccc(-c2cccc(C3CNCCO3)c2)c(C)c1. The van der Waals surface area contributed by atoms with Crippen molar-refractivity contribution in [2.24, 2.45) is 0 Å². The van der Waals surface area contributed by atoms with E-state index in [4.69, 9.17) is 4.74 Å². The minimum absolute atomic E-state index is 0.175. The average Bonchev–Trinajstić information content (AvgIpc) is 2.48. The van der Waals surface area contributed by atoms with Gasteiger partial charge in [-0.25, -0.2) is 0 Å². The zero-order chi connectivity index (χ0) is 13.9. The number of nitrogens with one attached hydrogen (secondary N) is 1. The van der Waals surface area contributed by atoms with E-state index < -0.39 is 0 Å². The largest absolute Gasteiger partial charge is 0.371 e. The van der Waals surface area contributed by atoms with Gasteiger partial charge in [-0.15, -0.1) is 0 Å². The number of ether oxygens (including phenoxy) is 1. The van der Waals surface area contributed by atoms with Crippen LogP contribution in [0.1, 0.15) is 22.8 Å². The summed E-state index contributed by atoms with van der Waals surface area (Å²) in [6.45, 7) is 6.95. The highest BCUT2D eigenvalue weighted by Gasteiger charge is 2.16. The highest BCUT2D eigenvalue weighted by molar-refractivity contribution is 5.68. The molecule has 20 heavy (non-hydrogen) atoms. The summed E-state index contributed by atoms with van der Waals surface area (Å²) in [5.41, 5.74) is 6.47. The molecule has 1 N–H and O–H groups in total. The third-order valence-electron chi connectivity index (χ3n) is 3.88. The fourth-order valence-electron chi connectivity index (χ4n) is 2.82. The Hall–Kier alpha value is -1.64. The van der Waals surface area contributed by atoms with Crippen LogP contribution in [0, 0.1) is 13.8 Å². The first-order chi connectivity index (χ1) is 9.74. The van der Waals surface area contributed by atoms with E-state index in [9.17, 15) is 0 Å². The number of hydrogen-bond acceptors (Lipinski definition) is 2. The predicted molar refractivity (Wildman–Crippen MR) is 82.9 cm³/mol. The summed E-state index contributed by atoms with van der Waals surface area (Å²) in [5.74, 6) is 0. The Morgan fingerprint density at radius 3 is 2.75 bits per heavy atom. The highest BCUT2D eigenvalue weighted by atomic mass is 16.5. The maximum atomic E-state index is 5.84. The normalized spacial score (nSPS) is 19.0. The Bertz CT molecular complexity index is 600. The molecule has 0 aromatic heterocycles. The van der Waals surface area contributed by atoms with Gasteiger partial charge in [0, 0.05) is 13.1 Å². The van der Waals surface area contributed by atoms with Crippen molar-refractivity contribution >= 4 is 0 Å². The van der Waals surface area contributed by atoms with Crippen LogP contribution in [0.25, 0.3) is 11.1 Å². The molecule has 0 saturated carbocycles. The fraction of sp³-hybridized carbons (Fsp3) is 0.333. The van der Waals surface area contributed by atoms with Crippen LogP contribution in [0.4, 0.5) is 0 Å². The molecule has 2 heteroatoms. The van der Waals surface area contributed by atoms with E-state index in [1.54, 1.807) is 0 Å². The third kappa shape index (κ3) is 2.77. The Kier molecular flexibility index (Phi) is 3.86. The van der Waals surface area contributed by atoms with E-state index in [1.807, 2.05) is 0 Å². The zero-order valence-electron chi connectivity index (χ0n) is 12.1. The summed E-state index contributed by atoms with van der Waals surface area (Å²) in [5, 5.41) is 3.39. The summed E-state index contributed by atoms with van der Waals surface area (Å²) >= 11 is 0. The molecule has 1 unspecified atom stereocenters. The van der Waals surface area contributed by atoms with E-state index in [1.165, 1.54) is 27.8 Å². The lowest BCUT2D eigenvalue weighted by molar-refractivity contribution is 0.0277. The Morgan fingerprint density at radius 2 is 2.00 bits per heavy atom. The van der Waals surface area contributed by atoms with Crippen LogP contribution in [0.5, 0.6) is 0 Å². The summed E-state index contributed by atoms with van der Waals surface area (Å²) < 4.78 is 5.84. The molecule has 2 aromatic rings. The molecule has 1 atom stereocenters. The fourth-order valence-corrected chi connectivity index (χ4v) is 2.82. The maximum absolute atomic E-state index is 5.84. The molecule has 0 aliphatic carbocycles. The van der Waals surface area contributed by atoms with Crippen molar-refractivity contribution in [3.05, 3.63) is 59.2 Å². The molecule has 0 amide bonds. The number of hydrogen-bond donors (Lipinski definition) is 1. The van der Waals surface area contributed by atoms with Gasteiger partial charge < -0.3 is 10.1 Å². The lowest BCUT2D eigenvalue weighted by Crippen LogP contribution is -2.33. The van der Waals surface area contributed by atoms with E-state index in [0.29, 0.717) is 0 Å². The number of aryl methyl sites for hydroxylation is 2. The minimum atomic E-state index is 0.175. The first kappa shape index (κ1) is 13.3. The van der Waals surface area contributed by atoms with Crippen molar-refractivity contribution < 1.29 is 4.74 Å². The molecule has 1 aliphatic rings. The molecule has 1 aliphatic heterocycles. The van der Waals surface area contributed by atoms with Crippen LogP contribution in [-0.4, -0.2) is 19.7 Å². The van der Waals surface area contributed by atoms with Crippen molar-refractivity contribution in [2.45, 2.75) is 20.0 Å². The van der Waals surface area contributed by atoms with Gasteiger partial charge in [0.25, 0.3) is 0 Å². The first-order valence-corrected chi connectivity index (χ1v) is 7.24. The number of morpholine rings is 1. The zero-order valence-corrected chi connectivity index (χ0v) is 12.1. The van der Waals surface area contributed by atoms with Gasteiger partial charge in [-0.1, -0.05) is 42.0 Å². The summed E-state index contributed by atoms with van der Waals surface area (Å²) in [6, 6.07) is 15.3. The van der Waals surface area contributed by atoms with Crippen LogP contribution in [0.3, 0.4) is 0 Å². The first-order valence-electron chi connectivity index (χ1n) is 7.24. The Labute approximate surface area is 120 Å². The summed E-state index contributed by atoms with van der Waals surface area (Å²) in [6.07, 6.45) is 0.175. The molecular weight excluding hydrogens is 246 g/mol. The lowest BCUT2D eigenvalue weighted by Gasteiger charge is -2.24. The van der Waals surface area contributed by atoms with Gasteiger partial charge in [0.15, 0.2) is 0 Å². The highest BCUT2D eigenvalue weighted by Crippen LogP contribution is 2.28. The maximum Gasteiger partial charge on any atom is 0.0950 e. The molecular formula is C18H21NO. The summed E-state index contributed by atoms with van der Waals surface area (Å²) in [7, 11) is 0. The molecule has 1 fully saturated rings. The van der Waals surface area contributed by atoms with Crippen LogP contribution < -0.4 is 5.32 Å². The van der Waals surface area contributed by atoms with Crippen LogP contribution >= 0.6 is 0 Å². The second kappa shape index (κ2) is 5.78. The third-order valence-corrected chi connectivity index (χ3v) is 3.88. The average molecular weight is 267 g/mol. The second-order valence-corrected chi connectivity index (χ2v) is 5.51. The molecule has 1 heterocycles. The van der Waals surface area contributed by atoms with Gasteiger partial charge in [-0.05, 0) is 42.2 Å². The van der Waals surface area contributed by atoms with Crippen molar-refractivity contribution in [2.75, 3.05) is 19.7 Å². The molecule has 104 valence electrons. The van der Waals surface area contributed by atoms with E-state index in [2.05, 4.69) is 61.6 Å². The lowest BCUT2D eigenvalue weighted by atomic mass is 9.96. The molecule has 0 bridgehead atoms. The van der Waals surface area contributed by atoms with Gasteiger partial charge in [0.2, 0.25) is 0 Å². The van der Waals surface area contributed by atoms with Crippen molar-refractivity contribution in [3.63, 3.8) is 0 Å². The summed E-state index contributed by atoms with van der Waals surface area (Å²) in [4.78, 5) is 0. The van der Waals surface area contributed by atoms with E-state index in [-0.39, 0.29) is 6.10 Å². The number of benzene rings is 2. The molecule has 1 saturated heterocycles. The smallest absolute Gasteiger partial charge is 0.0950 e. The minimum Gasteiger partial charge on any atom is -0.371 e. The van der Waals surface area contributed by atoms with Gasteiger partial charge in [-0.3, -0.25) is 0 Å². The topological polar surface area (TPSA) is 21.3 Å². The van der Waals surface area contributed by atoms with Crippen molar-refractivity contribution in [3.8, 4) is 11.1 Å². The second-order valence-electron chi connectivity index (χ2n) is 5.51. The van der Waals surface area contributed by atoms with Crippen LogP contribution in [0.2, 0.25) is 0 Å². The molecule has 3 rings (SSSR count). The van der Waals surface area contributed by atoms with Crippen LogP contribution in [-0.2, 0) is 4.74 Å². The molecule has 2 aromatic carbocycles. The van der Waals surface area contributed by atoms with E-state index in [0.717, 1.165) is 19.7 Å². The van der Waals surface area contributed by atoms with Gasteiger partial charge in [-0.2, -0.15) is 0 Å². The Morgan fingerprint density at radius 1 is 1.10 bits per heavy atom. The monoisotopic (exact) mass is 267 g/mol. The Balaban J connectivity index is 1.94. The van der Waals surface area contributed by atoms with Crippen LogP contribution in [0.15, 0.2) is 42.5 Å². The molecule has 0 radical (unpaired) electrons. The standard InChI is InChI=1S/C18H21NO/c1-13-6-7-17(14(2)10-13)15-4-3-5-16(11-15)18-12-19-8-9-20-18/h3-7,10-11,18-19H,8-9,12H2,1-2H3. The van der Waals surface area contributed by atoms with Crippen molar-refractivity contribution in [1.29, 1.82) is 0 Å². The van der Waals surface area contributed by atoms with Gasteiger partial charge >= 0.3 is 0 Å². The van der Waals surface area contributed by atoms with Crippen molar-refractivity contribution in [1.82, 2.24) is 5.32 Å². The predicted octanol–water partition coefficient (Wildman–Crippen LogP) is 3.63. The van der Waals surface area contributed by atoms with Gasteiger partial charge in [0.05, 0.1) is 12.7 Å². The van der Waals surface area contributed by atoms with Gasteiger partial charge in [0.1, 0.15) is 0 Å².